The summed E-state index contributed by atoms with van der Waals surface area (Å²) < 4.78 is 5.06. The standard InChI is InChI=1S/C17H20N2O2/c1-21-9-8-19-12-13(11-17(19)20)10-14-6-7-18-16-5-3-2-4-15(14)16/h2-7,13H,8-12H2,1H3/t13-/m0/s1. The van der Waals surface area contributed by atoms with Crippen LogP contribution in [-0.2, 0) is 16.0 Å². The number of carbonyl (C=O) groups is 1. The molecule has 1 amide bonds. The highest BCUT2D eigenvalue weighted by molar-refractivity contribution is 5.82. The predicted molar refractivity (Wildman–Crippen MR) is 82.0 cm³/mol. The van der Waals surface area contributed by atoms with Crippen LogP contribution in [0.2, 0.25) is 0 Å². The number of nitrogens with zero attached hydrogens (tertiary/aromatic N) is 2. The second kappa shape index (κ2) is 6.22. The van der Waals surface area contributed by atoms with Gasteiger partial charge in [0, 0.05) is 38.2 Å². The van der Waals surface area contributed by atoms with E-state index in [1.807, 2.05) is 29.3 Å². The first-order chi connectivity index (χ1) is 10.3. The summed E-state index contributed by atoms with van der Waals surface area (Å²) in [6.45, 7) is 2.14. The molecule has 110 valence electrons. The van der Waals surface area contributed by atoms with Crippen LogP contribution in [-0.4, -0.2) is 42.6 Å². The molecule has 1 aliphatic rings. The third-order valence-corrected chi connectivity index (χ3v) is 4.11. The van der Waals surface area contributed by atoms with Crippen molar-refractivity contribution in [1.82, 2.24) is 9.88 Å². The van der Waals surface area contributed by atoms with Crippen LogP contribution in [0, 0.1) is 5.92 Å². The van der Waals surface area contributed by atoms with Crippen LogP contribution in [0.15, 0.2) is 36.5 Å². The van der Waals surface area contributed by atoms with Crippen molar-refractivity contribution < 1.29 is 9.53 Å². The van der Waals surface area contributed by atoms with Crippen LogP contribution in [0.5, 0.6) is 0 Å². The lowest BCUT2D eigenvalue weighted by Crippen LogP contribution is -2.28. The number of likely N-dealkylation sites (tertiary alicyclic amines) is 1. The van der Waals surface area contributed by atoms with Gasteiger partial charge in [-0.05, 0) is 30.0 Å². The molecule has 4 nitrogen and oxygen atoms in total. The summed E-state index contributed by atoms with van der Waals surface area (Å²) in [5.41, 5.74) is 2.31. The SMILES string of the molecule is COCCN1C[C@@H](Cc2ccnc3ccccc23)CC1=O. The summed E-state index contributed by atoms with van der Waals surface area (Å²) in [4.78, 5) is 18.3. The molecule has 1 saturated heterocycles. The Morgan fingerprint density at radius 1 is 1.33 bits per heavy atom. The number of para-hydroxylation sites is 1. The number of aromatic nitrogens is 1. The summed E-state index contributed by atoms with van der Waals surface area (Å²) in [6, 6.07) is 10.3. The highest BCUT2D eigenvalue weighted by Gasteiger charge is 2.29. The van der Waals surface area contributed by atoms with Gasteiger partial charge in [-0.1, -0.05) is 18.2 Å². The van der Waals surface area contributed by atoms with Gasteiger partial charge in [-0.15, -0.1) is 0 Å². The van der Waals surface area contributed by atoms with Gasteiger partial charge in [0.25, 0.3) is 0 Å². The van der Waals surface area contributed by atoms with Crippen LogP contribution in [0.25, 0.3) is 10.9 Å². The molecule has 0 N–H and O–H groups in total. The van der Waals surface area contributed by atoms with Gasteiger partial charge in [0.05, 0.1) is 12.1 Å². The zero-order valence-corrected chi connectivity index (χ0v) is 12.3. The number of hydrogen-bond donors (Lipinski definition) is 0. The van der Waals surface area contributed by atoms with E-state index in [0.29, 0.717) is 25.5 Å². The van der Waals surface area contributed by atoms with Crippen LogP contribution in [0.4, 0.5) is 0 Å². The number of amides is 1. The minimum absolute atomic E-state index is 0.246. The van der Waals surface area contributed by atoms with Gasteiger partial charge >= 0.3 is 0 Å². The molecule has 1 aromatic heterocycles. The maximum absolute atomic E-state index is 12.0. The van der Waals surface area contributed by atoms with Crippen molar-refractivity contribution in [2.45, 2.75) is 12.8 Å². The van der Waals surface area contributed by atoms with Crippen molar-refractivity contribution in [3.05, 3.63) is 42.1 Å². The van der Waals surface area contributed by atoms with Gasteiger partial charge in [-0.25, -0.2) is 0 Å². The van der Waals surface area contributed by atoms with Crippen molar-refractivity contribution >= 4 is 16.8 Å². The molecule has 1 atom stereocenters. The third kappa shape index (κ3) is 3.05. The molecule has 0 spiro atoms. The van der Waals surface area contributed by atoms with Crippen molar-refractivity contribution in [3.8, 4) is 0 Å². The number of pyridine rings is 1. The van der Waals surface area contributed by atoms with E-state index in [1.54, 1.807) is 7.11 Å². The molecule has 3 rings (SSSR count). The molecule has 2 aromatic rings. The summed E-state index contributed by atoms with van der Waals surface area (Å²) in [7, 11) is 1.67. The first-order valence-corrected chi connectivity index (χ1v) is 7.37. The normalized spacial score (nSPS) is 18.6. The Bertz CT molecular complexity index is 636. The Morgan fingerprint density at radius 2 is 2.19 bits per heavy atom. The smallest absolute Gasteiger partial charge is 0.223 e. The van der Waals surface area contributed by atoms with Crippen molar-refractivity contribution in [2.24, 2.45) is 5.92 Å². The fraction of sp³-hybridized carbons (Fsp3) is 0.412. The lowest BCUT2D eigenvalue weighted by Gasteiger charge is -2.16. The van der Waals surface area contributed by atoms with E-state index in [-0.39, 0.29) is 5.91 Å². The van der Waals surface area contributed by atoms with E-state index in [1.165, 1.54) is 10.9 Å². The number of fused-ring (bicyclic) bond motifs is 1. The zero-order valence-electron chi connectivity index (χ0n) is 12.3. The zero-order chi connectivity index (χ0) is 14.7. The highest BCUT2D eigenvalue weighted by Crippen LogP contribution is 2.25. The number of methoxy groups -OCH3 is 1. The van der Waals surface area contributed by atoms with Gasteiger partial charge in [0.15, 0.2) is 0 Å². The Kier molecular flexibility index (Phi) is 4.15. The second-order valence-corrected chi connectivity index (χ2v) is 5.59. The van der Waals surface area contributed by atoms with Crippen LogP contribution in [0.1, 0.15) is 12.0 Å². The largest absolute Gasteiger partial charge is 0.383 e. The average molecular weight is 284 g/mol. The van der Waals surface area contributed by atoms with Crippen LogP contribution in [0.3, 0.4) is 0 Å². The van der Waals surface area contributed by atoms with Gasteiger partial charge in [-0.2, -0.15) is 0 Å². The Labute approximate surface area is 124 Å². The first kappa shape index (κ1) is 14.0. The predicted octanol–water partition coefficient (Wildman–Crippen LogP) is 2.27. The van der Waals surface area contributed by atoms with E-state index >= 15 is 0 Å². The first-order valence-electron chi connectivity index (χ1n) is 7.37. The Balaban J connectivity index is 1.73. The molecule has 1 aromatic carbocycles. The van der Waals surface area contributed by atoms with Gasteiger partial charge in [0.1, 0.15) is 0 Å². The van der Waals surface area contributed by atoms with E-state index in [4.69, 9.17) is 4.74 Å². The lowest BCUT2D eigenvalue weighted by atomic mass is 9.96. The van der Waals surface area contributed by atoms with Crippen molar-refractivity contribution in [2.75, 3.05) is 26.8 Å². The van der Waals surface area contributed by atoms with Crippen molar-refractivity contribution in [1.29, 1.82) is 0 Å². The van der Waals surface area contributed by atoms with Crippen LogP contribution < -0.4 is 0 Å². The fourth-order valence-electron chi connectivity index (χ4n) is 3.05. The van der Waals surface area contributed by atoms with Gasteiger partial charge in [-0.3, -0.25) is 9.78 Å². The van der Waals surface area contributed by atoms with Crippen LogP contribution >= 0.6 is 0 Å². The highest BCUT2D eigenvalue weighted by atomic mass is 16.5. The monoisotopic (exact) mass is 284 g/mol. The molecule has 0 aliphatic carbocycles. The molecule has 1 fully saturated rings. The third-order valence-electron chi connectivity index (χ3n) is 4.11. The molecule has 2 heterocycles. The van der Waals surface area contributed by atoms with Gasteiger partial charge in [0.2, 0.25) is 5.91 Å². The molecule has 0 saturated carbocycles. The Hall–Kier alpha value is -1.94. The molecular formula is C17H20N2O2. The quantitative estimate of drug-likeness (QED) is 0.846. The second-order valence-electron chi connectivity index (χ2n) is 5.59. The maximum Gasteiger partial charge on any atom is 0.223 e. The minimum Gasteiger partial charge on any atom is -0.383 e. The van der Waals surface area contributed by atoms with E-state index < -0.39 is 0 Å². The minimum atomic E-state index is 0.246. The van der Waals surface area contributed by atoms with Crippen molar-refractivity contribution in [3.63, 3.8) is 0 Å². The molecule has 0 unspecified atom stereocenters. The summed E-state index contributed by atoms with van der Waals surface area (Å²) in [6.07, 6.45) is 3.43. The molecule has 1 aliphatic heterocycles. The average Bonchev–Trinajstić information content (AvgIpc) is 2.85. The number of hydrogen-bond acceptors (Lipinski definition) is 3. The summed E-state index contributed by atoms with van der Waals surface area (Å²) in [5.74, 6) is 0.635. The molecule has 21 heavy (non-hydrogen) atoms. The summed E-state index contributed by atoms with van der Waals surface area (Å²) in [5, 5.41) is 1.20. The topological polar surface area (TPSA) is 42.4 Å². The fourth-order valence-corrected chi connectivity index (χ4v) is 3.05. The molecule has 0 bridgehead atoms. The van der Waals surface area contributed by atoms with E-state index in [2.05, 4.69) is 17.1 Å². The maximum atomic E-state index is 12.0. The number of carbonyl (C=O) groups excluding carboxylic acids is 1. The molecule has 4 heteroatoms. The lowest BCUT2D eigenvalue weighted by molar-refractivity contribution is -0.128. The van der Waals surface area contributed by atoms with Gasteiger partial charge < -0.3 is 9.64 Å². The molecular weight excluding hydrogens is 264 g/mol. The number of ether oxygens (including phenoxy) is 1. The Morgan fingerprint density at radius 3 is 3.05 bits per heavy atom. The number of rotatable bonds is 5. The summed E-state index contributed by atoms with van der Waals surface area (Å²) >= 11 is 0. The van der Waals surface area contributed by atoms with E-state index in [9.17, 15) is 4.79 Å². The molecule has 0 radical (unpaired) electrons. The number of benzene rings is 1. The van der Waals surface area contributed by atoms with E-state index in [0.717, 1.165) is 18.5 Å².